The molecule has 2 amide bonds. The molecule has 9 nitrogen and oxygen atoms in total. The molecule has 4 heterocycles. The van der Waals surface area contributed by atoms with Gasteiger partial charge in [0.05, 0.1) is 11.7 Å². The van der Waals surface area contributed by atoms with Gasteiger partial charge < -0.3 is 25.6 Å². The number of nitrogens with two attached hydrogens (primary N) is 1. The highest BCUT2D eigenvalue weighted by Gasteiger charge is 2.48. The van der Waals surface area contributed by atoms with Crippen LogP contribution in [-0.4, -0.2) is 52.1 Å². The number of rotatable bonds is 5. The fraction of sp³-hybridized carbons (Fsp3) is 0.387. The minimum Gasteiger partial charge on any atom is -0.489 e. The van der Waals surface area contributed by atoms with Crippen LogP contribution in [0.4, 0.5) is 19.0 Å². The summed E-state index contributed by atoms with van der Waals surface area (Å²) in [6, 6.07) is 11.2. The van der Waals surface area contributed by atoms with E-state index in [9.17, 15) is 27.9 Å². The molecule has 12 heteroatoms. The zero-order valence-corrected chi connectivity index (χ0v) is 23.2. The molecule has 43 heavy (non-hydrogen) atoms. The molecule has 4 aliphatic rings. The first-order chi connectivity index (χ1) is 20.5. The monoisotopic (exact) mass is 596 g/mol. The van der Waals surface area contributed by atoms with E-state index in [1.54, 1.807) is 11.1 Å². The number of halogens is 3. The predicted molar refractivity (Wildman–Crippen MR) is 150 cm³/mol. The van der Waals surface area contributed by atoms with E-state index in [2.05, 4.69) is 16.4 Å². The minimum atomic E-state index is -4.55. The number of fused-ring (bicyclic) bond motifs is 4. The molecule has 4 N–H and O–H groups in total. The van der Waals surface area contributed by atoms with Crippen molar-refractivity contribution in [1.82, 2.24) is 9.88 Å². The summed E-state index contributed by atoms with van der Waals surface area (Å²) < 4.78 is 51.1. The van der Waals surface area contributed by atoms with Crippen LogP contribution in [-0.2, 0) is 23.9 Å². The number of aromatic nitrogens is 1. The smallest absolute Gasteiger partial charge is 0.416 e. The lowest BCUT2D eigenvalue weighted by Crippen LogP contribution is -2.38. The first kappa shape index (κ1) is 28.9. The van der Waals surface area contributed by atoms with Crippen LogP contribution in [0.15, 0.2) is 48.7 Å². The Morgan fingerprint density at radius 1 is 1.19 bits per heavy atom. The molecule has 3 atom stereocenters. The second kappa shape index (κ2) is 11.5. The Morgan fingerprint density at radius 3 is 2.79 bits per heavy atom. The van der Waals surface area contributed by atoms with Gasteiger partial charge in [0, 0.05) is 48.3 Å². The van der Waals surface area contributed by atoms with Crippen LogP contribution in [0, 0.1) is 0 Å². The quantitative estimate of drug-likeness (QED) is 0.387. The molecular formula is C31H31F3N4O5. The van der Waals surface area contributed by atoms with Crippen LogP contribution in [0.5, 0.6) is 17.2 Å². The summed E-state index contributed by atoms with van der Waals surface area (Å²) in [6.45, 7) is 1.09. The lowest BCUT2D eigenvalue weighted by Gasteiger charge is -2.30. The molecule has 0 spiro atoms. The highest BCUT2D eigenvalue weighted by molar-refractivity contribution is 5.93. The van der Waals surface area contributed by atoms with Gasteiger partial charge in [0.25, 0.3) is 0 Å². The van der Waals surface area contributed by atoms with Gasteiger partial charge in [-0.15, -0.1) is 0 Å². The van der Waals surface area contributed by atoms with E-state index in [-0.39, 0.29) is 23.6 Å². The van der Waals surface area contributed by atoms with Crippen molar-refractivity contribution in [3.63, 3.8) is 0 Å². The van der Waals surface area contributed by atoms with E-state index in [0.29, 0.717) is 50.2 Å². The molecule has 7 rings (SSSR count). The van der Waals surface area contributed by atoms with E-state index in [0.717, 1.165) is 41.7 Å². The number of carbonyl (C=O) groups excluding carboxylic acids is 2. The van der Waals surface area contributed by atoms with Gasteiger partial charge in [-0.1, -0.05) is 6.07 Å². The lowest BCUT2D eigenvalue weighted by atomic mass is 10.0. The largest absolute Gasteiger partial charge is 0.489 e. The highest BCUT2D eigenvalue weighted by Crippen LogP contribution is 2.54. The van der Waals surface area contributed by atoms with Crippen molar-refractivity contribution in [3.8, 4) is 17.2 Å². The number of amides is 2. The van der Waals surface area contributed by atoms with Gasteiger partial charge in [0.2, 0.25) is 11.8 Å². The van der Waals surface area contributed by atoms with Gasteiger partial charge in [0.15, 0.2) is 0 Å². The number of pyridine rings is 1. The Balaban J connectivity index is 0.000000153. The number of anilines is 1. The van der Waals surface area contributed by atoms with E-state index in [1.807, 2.05) is 18.2 Å². The summed E-state index contributed by atoms with van der Waals surface area (Å²) >= 11 is 0. The molecule has 226 valence electrons. The maximum absolute atomic E-state index is 13.1. The number of carbonyl (C=O) groups is 2. The molecule has 1 aliphatic carbocycles. The number of benzene rings is 2. The van der Waals surface area contributed by atoms with E-state index < -0.39 is 23.8 Å². The third-order valence-corrected chi connectivity index (χ3v) is 8.07. The van der Waals surface area contributed by atoms with Crippen molar-refractivity contribution < 1.29 is 37.3 Å². The highest BCUT2D eigenvalue weighted by atomic mass is 19.4. The molecule has 0 radical (unpaired) electrons. The number of piperidine rings is 1. The Labute approximate surface area is 245 Å². The Hall–Kier alpha value is -4.16. The number of nitrogens with zero attached hydrogens (tertiary/aromatic N) is 2. The maximum Gasteiger partial charge on any atom is 0.416 e. The topological polar surface area (TPSA) is 127 Å². The van der Waals surface area contributed by atoms with E-state index in [4.69, 9.17) is 15.2 Å². The molecule has 3 aromatic rings. The Morgan fingerprint density at radius 2 is 2.02 bits per heavy atom. The lowest BCUT2D eigenvalue weighted by molar-refractivity contribution is -0.138. The maximum atomic E-state index is 13.1. The average Bonchev–Trinajstić information content (AvgIpc) is 3.64. The van der Waals surface area contributed by atoms with Crippen LogP contribution in [0.25, 0.3) is 0 Å². The molecule has 1 saturated carbocycles. The summed E-state index contributed by atoms with van der Waals surface area (Å²) in [7, 11) is 0. The standard InChI is InChI=1S/C17H14N2O3.C14H17F3N2O2/c20-16-4-2-10-14(5-6-18-17(10)19-16)21-9-1-3-13-11(7-9)12-8-15(12)22-13;15-14(16,17)12-6-9(13(18)21)3-4-10(12)7-19-5-1-2-11(20)8-19/h1,3,5-7,12,15H,2,4,8H2,(H,18,19,20);3-4,6,11,20H,1-2,5,7-8H2,(H2,18,21). The zero-order chi connectivity index (χ0) is 30.3. The fourth-order valence-corrected chi connectivity index (χ4v) is 5.81. The van der Waals surface area contributed by atoms with Crippen molar-refractivity contribution in [2.75, 3.05) is 18.4 Å². The van der Waals surface area contributed by atoms with Crippen LogP contribution >= 0.6 is 0 Å². The Kier molecular flexibility index (Phi) is 7.74. The molecule has 2 aromatic carbocycles. The van der Waals surface area contributed by atoms with Gasteiger partial charge >= 0.3 is 6.18 Å². The van der Waals surface area contributed by atoms with E-state index >= 15 is 0 Å². The molecule has 1 saturated heterocycles. The molecule has 3 aliphatic heterocycles. The van der Waals surface area contributed by atoms with Crippen LogP contribution in [0.2, 0.25) is 0 Å². The fourth-order valence-electron chi connectivity index (χ4n) is 5.81. The Bertz CT molecular complexity index is 1560. The number of β-amino-alcohol motifs (C(OH)–C–C–N with tert-alkyl or cyclic N) is 1. The van der Waals surface area contributed by atoms with Gasteiger partial charge in [-0.2, -0.15) is 13.2 Å². The number of primary amides is 1. The third kappa shape index (κ3) is 6.45. The number of aliphatic hydroxyl groups excluding tert-OH is 1. The third-order valence-electron chi connectivity index (χ3n) is 8.07. The zero-order valence-electron chi connectivity index (χ0n) is 23.2. The summed E-state index contributed by atoms with van der Waals surface area (Å²) in [4.78, 5) is 28.5. The van der Waals surface area contributed by atoms with Gasteiger partial charge in [-0.25, -0.2) is 4.98 Å². The number of aliphatic hydroxyl groups is 1. The summed E-state index contributed by atoms with van der Waals surface area (Å²) in [5.41, 5.74) is 6.31. The summed E-state index contributed by atoms with van der Waals surface area (Å²) in [5, 5.41) is 12.4. The normalized spacial score (nSPS) is 22.1. The number of hydrogen-bond donors (Lipinski definition) is 3. The SMILES string of the molecule is NC(=O)c1ccc(CN2CCCC(O)C2)c(C(F)(F)F)c1.O=C1CCc2c(Oc3ccc4c(c3)C3CC3O4)ccnc2N1. The van der Waals surface area contributed by atoms with Crippen molar-refractivity contribution in [2.24, 2.45) is 5.73 Å². The van der Waals surface area contributed by atoms with Crippen molar-refractivity contribution in [2.45, 2.75) is 63.0 Å². The number of alkyl halides is 3. The van der Waals surface area contributed by atoms with Crippen LogP contribution in [0.1, 0.15) is 64.2 Å². The second-order valence-electron chi connectivity index (χ2n) is 11.2. The van der Waals surface area contributed by atoms with Gasteiger partial charge in [0.1, 0.15) is 29.2 Å². The van der Waals surface area contributed by atoms with Gasteiger partial charge in [-0.05, 0) is 74.2 Å². The molecule has 0 bridgehead atoms. The van der Waals surface area contributed by atoms with Crippen molar-refractivity contribution >= 4 is 17.6 Å². The molecule has 3 unspecified atom stereocenters. The predicted octanol–water partition coefficient (Wildman–Crippen LogP) is 4.77. The number of ether oxygens (including phenoxy) is 2. The van der Waals surface area contributed by atoms with Crippen molar-refractivity contribution in [3.05, 3.63) is 76.5 Å². The minimum absolute atomic E-state index is 0.00612. The first-order valence-corrected chi connectivity index (χ1v) is 14.2. The molecule has 1 aromatic heterocycles. The molecule has 2 fully saturated rings. The van der Waals surface area contributed by atoms with Crippen molar-refractivity contribution in [1.29, 1.82) is 0 Å². The number of likely N-dealkylation sites (tertiary alicyclic amines) is 1. The molecular weight excluding hydrogens is 565 g/mol. The van der Waals surface area contributed by atoms with E-state index in [1.165, 1.54) is 17.7 Å². The number of nitrogens with one attached hydrogen (secondary N) is 1. The van der Waals surface area contributed by atoms with Crippen LogP contribution in [0.3, 0.4) is 0 Å². The van der Waals surface area contributed by atoms with Crippen LogP contribution < -0.4 is 20.5 Å². The number of hydrogen-bond acceptors (Lipinski definition) is 7. The summed E-state index contributed by atoms with van der Waals surface area (Å²) in [6.07, 6.45) is 0.660. The average molecular weight is 597 g/mol. The second-order valence-corrected chi connectivity index (χ2v) is 11.2. The summed E-state index contributed by atoms with van der Waals surface area (Å²) in [5.74, 6) is 2.82. The van der Waals surface area contributed by atoms with Gasteiger partial charge in [-0.3, -0.25) is 14.5 Å². The first-order valence-electron chi connectivity index (χ1n) is 14.2.